The second-order valence-corrected chi connectivity index (χ2v) is 4.12. The minimum atomic E-state index is 0.196. The number of nitrogens with zero attached hydrogens (tertiary/aromatic N) is 2. The molecule has 1 aliphatic heterocycles. The quantitative estimate of drug-likeness (QED) is 0.780. The molecule has 4 nitrogen and oxygen atoms in total. The Kier molecular flexibility index (Phi) is 3.50. The first kappa shape index (κ1) is 11.7. The lowest BCUT2D eigenvalue weighted by Crippen LogP contribution is -2.41. The van der Waals surface area contributed by atoms with E-state index < -0.39 is 0 Å². The fraction of sp³-hybridized carbons (Fsp3) is 0.462. The topological polar surface area (TPSA) is 45.5 Å². The van der Waals surface area contributed by atoms with Crippen molar-refractivity contribution in [2.45, 2.75) is 13.0 Å². The lowest BCUT2D eigenvalue weighted by atomic mass is 10.1. The molecule has 0 spiro atoms. The van der Waals surface area contributed by atoms with Crippen LogP contribution in [0.25, 0.3) is 0 Å². The zero-order chi connectivity index (χ0) is 12.3. The van der Waals surface area contributed by atoms with Gasteiger partial charge >= 0.3 is 0 Å². The second kappa shape index (κ2) is 5.07. The molecular weight excluding hydrogens is 216 g/mol. The Balaban J connectivity index is 2.32. The van der Waals surface area contributed by atoms with E-state index in [9.17, 15) is 0 Å². The van der Waals surface area contributed by atoms with E-state index in [1.807, 2.05) is 19.1 Å². The normalized spacial score (nSPS) is 19.8. The maximum absolute atomic E-state index is 9.13. The van der Waals surface area contributed by atoms with Gasteiger partial charge in [-0.3, -0.25) is 0 Å². The van der Waals surface area contributed by atoms with Crippen molar-refractivity contribution in [3.63, 3.8) is 0 Å². The van der Waals surface area contributed by atoms with Gasteiger partial charge in [-0.25, -0.2) is 0 Å². The SMILES string of the molecule is COc1ccc(C#N)c(N2CCOC(C)C2)c1. The standard InChI is InChI=1S/C13H16N2O2/c1-10-9-15(5-6-17-10)13-7-12(16-2)4-3-11(13)8-14/h3-4,7,10H,5-6,9H2,1-2H3. The van der Waals surface area contributed by atoms with Crippen LogP contribution in [0.2, 0.25) is 0 Å². The monoisotopic (exact) mass is 232 g/mol. The Hall–Kier alpha value is -1.73. The van der Waals surface area contributed by atoms with Crippen LogP contribution in [0.3, 0.4) is 0 Å². The van der Waals surface area contributed by atoms with Crippen molar-refractivity contribution in [3.05, 3.63) is 23.8 Å². The van der Waals surface area contributed by atoms with Gasteiger partial charge in [0.1, 0.15) is 11.8 Å². The molecule has 1 fully saturated rings. The van der Waals surface area contributed by atoms with Crippen LogP contribution < -0.4 is 9.64 Å². The van der Waals surface area contributed by atoms with Gasteiger partial charge in [-0.1, -0.05) is 0 Å². The average molecular weight is 232 g/mol. The number of hydrogen-bond acceptors (Lipinski definition) is 4. The van der Waals surface area contributed by atoms with Gasteiger partial charge in [0, 0.05) is 19.2 Å². The summed E-state index contributed by atoms with van der Waals surface area (Å²) in [5.74, 6) is 0.776. The Bertz CT molecular complexity index is 440. The summed E-state index contributed by atoms with van der Waals surface area (Å²) in [7, 11) is 1.63. The number of ether oxygens (including phenoxy) is 2. The number of methoxy groups -OCH3 is 1. The van der Waals surface area contributed by atoms with Crippen molar-refractivity contribution in [1.82, 2.24) is 0 Å². The predicted octanol–water partition coefficient (Wildman–Crippen LogP) is 1.79. The third kappa shape index (κ3) is 2.51. The summed E-state index contributed by atoms with van der Waals surface area (Å²) in [6.07, 6.45) is 0.196. The van der Waals surface area contributed by atoms with Crippen LogP contribution in [0.1, 0.15) is 12.5 Å². The van der Waals surface area contributed by atoms with E-state index in [0.29, 0.717) is 12.2 Å². The van der Waals surface area contributed by atoms with E-state index in [1.54, 1.807) is 13.2 Å². The molecule has 1 aliphatic rings. The van der Waals surface area contributed by atoms with Crippen LogP contribution in [0.5, 0.6) is 5.75 Å². The minimum Gasteiger partial charge on any atom is -0.497 e. The van der Waals surface area contributed by atoms with Crippen molar-refractivity contribution in [3.8, 4) is 11.8 Å². The van der Waals surface area contributed by atoms with Gasteiger partial charge in [-0.2, -0.15) is 5.26 Å². The maximum Gasteiger partial charge on any atom is 0.121 e. The molecule has 0 radical (unpaired) electrons. The fourth-order valence-corrected chi connectivity index (χ4v) is 2.03. The summed E-state index contributed by atoms with van der Waals surface area (Å²) in [4.78, 5) is 2.18. The Morgan fingerprint density at radius 3 is 3.00 bits per heavy atom. The zero-order valence-electron chi connectivity index (χ0n) is 10.1. The van der Waals surface area contributed by atoms with Gasteiger partial charge in [0.15, 0.2) is 0 Å². The third-order valence-corrected chi connectivity index (χ3v) is 2.91. The Morgan fingerprint density at radius 2 is 2.35 bits per heavy atom. The van der Waals surface area contributed by atoms with E-state index in [1.165, 1.54) is 0 Å². The number of rotatable bonds is 2. The molecule has 1 heterocycles. The van der Waals surface area contributed by atoms with E-state index in [2.05, 4.69) is 11.0 Å². The molecule has 90 valence electrons. The first-order valence-corrected chi connectivity index (χ1v) is 5.69. The van der Waals surface area contributed by atoms with Crippen LogP contribution in [0, 0.1) is 11.3 Å². The van der Waals surface area contributed by atoms with E-state index >= 15 is 0 Å². The molecule has 0 bridgehead atoms. The molecular formula is C13H16N2O2. The number of nitriles is 1. The number of morpholine rings is 1. The van der Waals surface area contributed by atoms with Gasteiger partial charge in [-0.15, -0.1) is 0 Å². The summed E-state index contributed by atoms with van der Waals surface area (Å²) in [6.45, 7) is 4.36. The molecule has 1 aromatic carbocycles. The highest BCUT2D eigenvalue weighted by atomic mass is 16.5. The molecule has 1 atom stereocenters. The van der Waals surface area contributed by atoms with Gasteiger partial charge in [0.2, 0.25) is 0 Å². The van der Waals surface area contributed by atoms with Gasteiger partial charge in [-0.05, 0) is 19.1 Å². The van der Waals surface area contributed by atoms with Gasteiger partial charge < -0.3 is 14.4 Å². The molecule has 1 aromatic rings. The van der Waals surface area contributed by atoms with Crippen LogP contribution in [0.15, 0.2) is 18.2 Å². The summed E-state index contributed by atoms with van der Waals surface area (Å²) in [5.41, 5.74) is 1.61. The predicted molar refractivity (Wildman–Crippen MR) is 65.3 cm³/mol. The summed E-state index contributed by atoms with van der Waals surface area (Å²) >= 11 is 0. The molecule has 0 saturated carbocycles. The lowest BCUT2D eigenvalue weighted by Gasteiger charge is -2.33. The van der Waals surface area contributed by atoms with E-state index in [0.717, 1.165) is 24.5 Å². The molecule has 0 amide bonds. The molecule has 1 unspecified atom stereocenters. The number of anilines is 1. The second-order valence-electron chi connectivity index (χ2n) is 4.12. The summed E-state index contributed by atoms with van der Waals surface area (Å²) in [6, 6.07) is 7.75. The third-order valence-electron chi connectivity index (χ3n) is 2.91. The summed E-state index contributed by atoms with van der Waals surface area (Å²) < 4.78 is 10.7. The van der Waals surface area contributed by atoms with Crippen molar-refractivity contribution in [2.75, 3.05) is 31.7 Å². The first-order chi connectivity index (χ1) is 8.24. The molecule has 0 aliphatic carbocycles. The minimum absolute atomic E-state index is 0.196. The van der Waals surface area contributed by atoms with E-state index in [4.69, 9.17) is 14.7 Å². The molecule has 1 saturated heterocycles. The highest BCUT2D eigenvalue weighted by Crippen LogP contribution is 2.27. The molecule has 4 heteroatoms. The van der Waals surface area contributed by atoms with Crippen LogP contribution in [-0.4, -0.2) is 32.9 Å². The van der Waals surface area contributed by atoms with Crippen LogP contribution in [0.4, 0.5) is 5.69 Å². The smallest absolute Gasteiger partial charge is 0.121 e. The largest absolute Gasteiger partial charge is 0.497 e. The number of benzene rings is 1. The fourth-order valence-electron chi connectivity index (χ4n) is 2.03. The molecule has 0 N–H and O–H groups in total. The Morgan fingerprint density at radius 1 is 1.53 bits per heavy atom. The van der Waals surface area contributed by atoms with E-state index in [-0.39, 0.29) is 6.10 Å². The highest BCUT2D eigenvalue weighted by Gasteiger charge is 2.19. The molecule has 2 rings (SSSR count). The Labute approximate surface area is 101 Å². The molecule has 0 aromatic heterocycles. The van der Waals surface area contributed by atoms with Gasteiger partial charge in [0.25, 0.3) is 0 Å². The maximum atomic E-state index is 9.13. The van der Waals surface area contributed by atoms with Crippen LogP contribution >= 0.6 is 0 Å². The molecule has 17 heavy (non-hydrogen) atoms. The van der Waals surface area contributed by atoms with Crippen molar-refractivity contribution in [1.29, 1.82) is 5.26 Å². The van der Waals surface area contributed by atoms with Crippen molar-refractivity contribution < 1.29 is 9.47 Å². The van der Waals surface area contributed by atoms with Crippen LogP contribution in [-0.2, 0) is 4.74 Å². The zero-order valence-corrected chi connectivity index (χ0v) is 10.1. The lowest BCUT2D eigenvalue weighted by molar-refractivity contribution is 0.0532. The highest BCUT2D eigenvalue weighted by molar-refractivity contribution is 5.62. The first-order valence-electron chi connectivity index (χ1n) is 5.69. The van der Waals surface area contributed by atoms with Crippen molar-refractivity contribution >= 4 is 5.69 Å². The van der Waals surface area contributed by atoms with Gasteiger partial charge in [0.05, 0.1) is 31.1 Å². The number of hydrogen-bond donors (Lipinski definition) is 0. The average Bonchev–Trinajstić information content (AvgIpc) is 2.38. The van der Waals surface area contributed by atoms with Crippen molar-refractivity contribution in [2.24, 2.45) is 0 Å². The summed E-state index contributed by atoms with van der Waals surface area (Å²) in [5, 5.41) is 9.13.